The fraction of sp³-hybridized carbons (Fsp3) is 0.467. The average molecular weight is 357 g/mol. The Bertz CT molecular complexity index is 680. The van der Waals surface area contributed by atoms with E-state index < -0.39 is 11.1 Å². The number of thiazole rings is 1. The number of rotatable bonds is 4. The van der Waals surface area contributed by atoms with E-state index in [9.17, 15) is 13.2 Å². The van der Waals surface area contributed by atoms with Gasteiger partial charge in [-0.25, -0.2) is 9.97 Å². The predicted octanol–water partition coefficient (Wildman–Crippen LogP) is 2.92. The molecule has 0 spiro atoms. The maximum atomic E-state index is 12.6. The Labute approximate surface area is 142 Å². The fourth-order valence-electron chi connectivity index (χ4n) is 2.53. The minimum absolute atomic E-state index is 0.260. The van der Waals surface area contributed by atoms with E-state index in [0.29, 0.717) is 17.9 Å². The maximum absolute atomic E-state index is 12.6. The van der Waals surface area contributed by atoms with Crippen LogP contribution in [0, 0.1) is 0 Å². The molecule has 1 aliphatic heterocycles. The van der Waals surface area contributed by atoms with Crippen LogP contribution >= 0.6 is 11.3 Å². The molecule has 3 heterocycles. The summed E-state index contributed by atoms with van der Waals surface area (Å²) < 4.78 is 37.9. The highest BCUT2D eigenvalue weighted by Crippen LogP contribution is 2.35. The van der Waals surface area contributed by atoms with E-state index in [2.05, 4.69) is 32.1 Å². The molecule has 2 aromatic rings. The molecular weight excluding hydrogens is 339 g/mol. The number of halogens is 3. The summed E-state index contributed by atoms with van der Waals surface area (Å²) in [6, 6.07) is 3.77. The van der Waals surface area contributed by atoms with Gasteiger partial charge in [0, 0.05) is 44.5 Å². The third-order valence-electron chi connectivity index (χ3n) is 3.89. The van der Waals surface area contributed by atoms with Crippen molar-refractivity contribution in [2.45, 2.75) is 12.7 Å². The molecule has 2 aromatic heterocycles. The first-order valence-corrected chi connectivity index (χ1v) is 8.39. The summed E-state index contributed by atoms with van der Waals surface area (Å²) in [6.45, 7) is 4.09. The molecule has 1 N–H and O–H groups in total. The minimum Gasteiger partial charge on any atom is -0.357 e. The zero-order valence-corrected chi connectivity index (χ0v) is 14.0. The Hall–Kier alpha value is -1.87. The summed E-state index contributed by atoms with van der Waals surface area (Å²) >= 11 is 0.613. The van der Waals surface area contributed by atoms with Gasteiger partial charge in [-0.3, -0.25) is 0 Å². The van der Waals surface area contributed by atoms with Crippen molar-refractivity contribution in [1.29, 1.82) is 0 Å². The number of nitrogens with zero attached hydrogens (tertiary/aromatic N) is 4. The van der Waals surface area contributed by atoms with Crippen LogP contribution < -0.4 is 10.2 Å². The smallest absolute Gasteiger partial charge is 0.357 e. The van der Waals surface area contributed by atoms with Gasteiger partial charge in [0.05, 0.1) is 6.20 Å². The minimum atomic E-state index is -4.35. The summed E-state index contributed by atoms with van der Waals surface area (Å²) in [7, 11) is 2.08. The van der Waals surface area contributed by atoms with E-state index in [1.54, 1.807) is 6.20 Å². The van der Waals surface area contributed by atoms with Gasteiger partial charge in [-0.05, 0) is 13.1 Å². The monoisotopic (exact) mass is 357 g/mol. The van der Waals surface area contributed by atoms with Crippen molar-refractivity contribution in [2.24, 2.45) is 0 Å². The van der Waals surface area contributed by atoms with Gasteiger partial charge < -0.3 is 15.1 Å². The molecule has 24 heavy (non-hydrogen) atoms. The zero-order valence-electron chi connectivity index (χ0n) is 13.2. The summed E-state index contributed by atoms with van der Waals surface area (Å²) in [5, 5.41) is 3.23. The quantitative estimate of drug-likeness (QED) is 0.912. The fourth-order valence-corrected chi connectivity index (χ4v) is 3.21. The number of aromatic nitrogens is 2. The molecule has 130 valence electrons. The van der Waals surface area contributed by atoms with Gasteiger partial charge >= 0.3 is 6.18 Å². The molecule has 1 fully saturated rings. The van der Waals surface area contributed by atoms with E-state index in [1.165, 1.54) is 0 Å². The molecule has 0 aliphatic carbocycles. The van der Waals surface area contributed by atoms with E-state index in [1.807, 2.05) is 12.1 Å². The van der Waals surface area contributed by atoms with Crippen LogP contribution in [0.2, 0.25) is 0 Å². The Balaban J connectivity index is 1.68. The zero-order chi connectivity index (χ0) is 17.2. The van der Waals surface area contributed by atoms with E-state index in [0.717, 1.165) is 43.8 Å². The van der Waals surface area contributed by atoms with Crippen molar-refractivity contribution in [3.05, 3.63) is 35.0 Å². The lowest BCUT2D eigenvalue weighted by molar-refractivity contribution is -0.134. The van der Waals surface area contributed by atoms with Crippen molar-refractivity contribution in [3.63, 3.8) is 0 Å². The van der Waals surface area contributed by atoms with Crippen LogP contribution in [-0.2, 0) is 12.7 Å². The van der Waals surface area contributed by atoms with Crippen LogP contribution in [0.4, 0.5) is 24.1 Å². The largest absolute Gasteiger partial charge is 0.427 e. The third-order valence-corrected chi connectivity index (χ3v) is 4.89. The van der Waals surface area contributed by atoms with Crippen LogP contribution in [0.15, 0.2) is 24.5 Å². The number of piperazine rings is 1. The van der Waals surface area contributed by atoms with E-state index >= 15 is 0 Å². The molecular formula is C15H18F3N5S. The Kier molecular flexibility index (Phi) is 4.91. The van der Waals surface area contributed by atoms with Crippen molar-refractivity contribution in [2.75, 3.05) is 43.4 Å². The predicted molar refractivity (Wildman–Crippen MR) is 88.4 cm³/mol. The standard InChI is InChI=1S/C15H18F3N5S/c1-22-5-7-23(8-6-22)13-11(3-2-4-19-13)9-20-14-21-10-12(24-14)15(16,17)18/h2-4,10H,5-9H2,1H3,(H,20,21). The van der Waals surface area contributed by atoms with Crippen LogP contribution in [-0.4, -0.2) is 48.1 Å². The number of alkyl halides is 3. The molecule has 0 saturated carbocycles. The number of anilines is 2. The van der Waals surface area contributed by atoms with Crippen molar-refractivity contribution < 1.29 is 13.2 Å². The second-order valence-corrected chi connectivity index (χ2v) is 6.69. The molecule has 1 saturated heterocycles. The summed E-state index contributed by atoms with van der Waals surface area (Å²) in [5.41, 5.74) is 0.950. The molecule has 0 unspecified atom stereocenters. The molecule has 3 rings (SSSR count). The second kappa shape index (κ2) is 6.94. The molecule has 0 aromatic carbocycles. The molecule has 9 heteroatoms. The van der Waals surface area contributed by atoms with Gasteiger partial charge in [-0.15, -0.1) is 0 Å². The normalized spacial score (nSPS) is 16.4. The molecule has 5 nitrogen and oxygen atoms in total. The van der Waals surface area contributed by atoms with Gasteiger partial charge in [-0.2, -0.15) is 13.2 Å². The molecule has 0 amide bonds. The highest BCUT2D eigenvalue weighted by molar-refractivity contribution is 7.15. The van der Waals surface area contributed by atoms with Gasteiger partial charge in [-0.1, -0.05) is 17.4 Å². The Morgan fingerprint density at radius 1 is 1.21 bits per heavy atom. The third kappa shape index (κ3) is 3.96. The molecule has 0 bridgehead atoms. The van der Waals surface area contributed by atoms with Crippen LogP contribution in [0.1, 0.15) is 10.4 Å². The van der Waals surface area contributed by atoms with Gasteiger partial charge in [0.2, 0.25) is 0 Å². The number of hydrogen-bond donors (Lipinski definition) is 1. The first-order valence-electron chi connectivity index (χ1n) is 7.58. The van der Waals surface area contributed by atoms with Gasteiger partial charge in [0.25, 0.3) is 0 Å². The van der Waals surface area contributed by atoms with E-state index in [-0.39, 0.29) is 5.13 Å². The van der Waals surface area contributed by atoms with Crippen molar-refractivity contribution >= 4 is 22.3 Å². The van der Waals surface area contributed by atoms with Gasteiger partial charge in [0.1, 0.15) is 10.7 Å². The maximum Gasteiger partial charge on any atom is 0.427 e. The lowest BCUT2D eigenvalue weighted by atomic mass is 10.2. The highest BCUT2D eigenvalue weighted by Gasteiger charge is 2.33. The average Bonchev–Trinajstić information content (AvgIpc) is 3.03. The van der Waals surface area contributed by atoms with Crippen LogP contribution in [0.5, 0.6) is 0 Å². The first-order chi connectivity index (χ1) is 11.4. The molecule has 0 radical (unpaired) electrons. The Morgan fingerprint density at radius 2 is 1.96 bits per heavy atom. The second-order valence-electron chi connectivity index (χ2n) is 5.66. The van der Waals surface area contributed by atoms with Crippen LogP contribution in [0.3, 0.4) is 0 Å². The number of pyridine rings is 1. The SMILES string of the molecule is CN1CCN(c2ncccc2CNc2ncc(C(F)(F)F)s2)CC1. The number of hydrogen-bond acceptors (Lipinski definition) is 6. The molecule has 0 atom stereocenters. The summed E-state index contributed by atoms with van der Waals surface area (Å²) in [4.78, 5) is 12.0. The Morgan fingerprint density at radius 3 is 2.62 bits per heavy atom. The number of nitrogens with one attached hydrogen (secondary N) is 1. The van der Waals surface area contributed by atoms with Crippen LogP contribution in [0.25, 0.3) is 0 Å². The first kappa shape index (κ1) is 17.0. The highest BCUT2D eigenvalue weighted by atomic mass is 32.1. The topological polar surface area (TPSA) is 44.3 Å². The lowest BCUT2D eigenvalue weighted by Gasteiger charge is -2.34. The van der Waals surface area contributed by atoms with Crippen molar-refractivity contribution in [3.8, 4) is 0 Å². The molecule has 1 aliphatic rings. The van der Waals surface area contributed by atoms with Crippen molar-refractivity contribution in [1.82, 2.24) is 14.9 Å². The van der Waals surface area contributed by atoms with Gasteiger partial charge in [0.15, 0.2) is 5.13 Å². The summed E-state index contributed by atoms with van der Waals surface area (Å²) in [5.74, 6) is 0.880. The summed E-state index contributed by atoms with van der Waals surface area (Å²) in [6.07, 6.45) is -1.75. The number of likely N-dealkylation sites (N-methyl/N-ethyl adjacent to an activating group) is 1. The lowest BCUT2D eigenvalue weighted by Crippen LogP contribution is -2.45. The van der Waals surface area contributed by atoms with E-state index in [4.69, 9.17) is 0 Å².